The molecule has 2 N–H and O–H groups in total. The quantitative estimate of drug-likeness (QED) is 0.884. The molecule has 1 saturated heterocycles. The number of thiazole rings is 1. The lowest BCUT2D eigenvalue weighted by molar-refractivity contribution is -0.136. The Balaban J connectivity index is 1.67. The van der Waals surface area contributed by atoms with Crippen LogP contribution in [0.15, 0.2) is 24.3 Å². The van der Waals surface area contributed by atoms with E-state index in [1.54, 1.807) is 18.4 Å². The molecule has 0 atom stereocenters. The van der Waals surface area contributed by atoms with Gasteiger partial charge in [0.25, 0.3) is 0 Å². The first-order valence-corrected chi connectivity index (χ1v) is 8.38. The molecular weight excluding hydrogens is 298 g/mol. The normalized spacial score (nSPS) is 17.5. The maximum Gasteiger partial charge on any atom is 0.228 e. The molecule has 0 aliphatic carbocycles. The number of carbonyl (C=O) groups excluding carboxylic acids is 1. The summed E-state index contributed by atoms with van der Waals surface area (Å²) in [5.41, 5.74) is 0.585. The minimum absolute atomic E-state index is 0.0788. The zero-order valence-electron chi connectivity index (χ0n) is 12.7. The second-order valence-electron chi connectivity index (χ2n) is 5.72. The van der Waals surface area contributed by atoms with E-state index in [4.69, 9.17) is 4.74 Å². The Bertz CT molecular complexity index is 611. The summed E-state index contributed by atoms with van der Waals surface area (Å²) < 4.78 is 6.46. The number of ether oxygens (including phenoxy) is 1. The Morgan fingerprint density at radius 2 is 2.18 bits per heavy atom. The summed E-state index contributed by atoms with van der Waals surface area (Å²) in [4.78, 5) is 17.2. The maximum absolute atomic E-state index is 12.7. The average molecular weight is 319 g/mol. The number of hydrogen-bond acceptors (Lipinski definition) is 5. The summed E-state index contributed by atoms with van der Waals surface area (Å²) in [5, 5.41) is 7.30. The monoisotopic (exact) mass is 319 g/mol. The lowest BCUT2D eigenvalue weighted by Crippen LogP contribution is -2.49. The lowest BCUT2D eigenvalue weighted by atomic mass is 9.78. The first-order chi connectivity index (χ1) is 10.7. The van der Waals surface area contributed by atoms with Crippen molar-refractivity contribution in [1.29, 1.82) is 0 Å². The van der Waals surface area contributed by atoms with Crippen molar-refractivity contribution >= 4 is 27.5 Å². The van der Waals surface area contributed by atoms with Crippen molar-refractivity contribution in [3.05, 3.63) is 29.3 Å². The smallest absolute Gasteiger partial charge is 0.228 e. The standard InChI is InChI=1S/C16H21N3O2S/c1-21-11-16(6-8-17-9-7-16)15(20)18-10-14-19-12-4-2-3-5-13(12)22-14/h2-5,17H,6-11H2,1H3,(H,18,20). The molecule has 0 spiro atoms. The van der Waals surface area contributed by atoms with Crippen LogP contribution in [-0.2, 0) is 16.1 Å². The maximum atomic E-state index is 12.7. The molecule has 118 valence electrons. The van der Waals surface area contributed by atoms with Crippen molar-refractivity contribution < 1.29 is 9.53 Å². The SMILES string of the molecule is COCC1(C(=O)NCc2nc3ccccc3s2)CCNCC1. The van der Waals surface area contributed by atoms with E-state index in [9.17, 15) is 4.79 Å². The number of methoxy groups -OCH3 is 1. The van der Waals surface area contributed by atoms with Crippen molar-refractivity contribution in [1.82, 2.24) is 15.6 Å². The number of hydrogen-bond donors (Lipinski definition) is 2. The summed E-state index contributed by atoms with van der Waals surface area (Å²) in [7, 11) is 1.66. The summed E-state index contributed by atoms with van der Waals surface area (Å²) in [5.74, 6) is 0.0788. The number of aromatic nitrogens is 1. The minimum Gasteiger partial charge on any atom is -0.384 e. The number of para-hydroxylation sites is 1. The van der Waals surface area contributed by atoms with Gasteiger partial charge in [-0.15, -0.1) is 11.3 Å². The molecule has 3 rings (SSSR count). The highest BCUT2D eigenvalue weighted by Gasteiger charge is 2.39. The average Bonchev–Trinajstić information content (AvgIpc) is 2.96. The fraction of sp³-hybridized carbons (Fsp3) is 0.500. The van der Waals surface area contributed by atoms with Crippen molar-refractivity contribution in [2.45, 2.75) is 19.4 Å². The predicted octanol–water partition coefficient (Wildman–Crippen LogP) is 1.93. The molecule has 5 nitrogen and oxygen atoms in total. The van der Waals surface area contributed by atoms with E-state index in [0.29, 0.717) is 13.2 Å². The van der Waals surface area contributed by atoms with Crippen LogP contribution in [0.1, 0.15) is 17.8 Å². The highest BCUT2D eigenvalue weighted by molar-refractivity contribution is 7.18. The van der Waals surface area contributed by atoms with Gasteiger partial charge in [0.05, 0.1) is 28.8 Å². The van der Waals surface area contributed by atoms with Gasteiger partial charge in [0.2, 0.25) is 5.91 Å². The number of amides is 1. The van der Waals surface area contributed by atoms with Crippen LogP contribution in [-0.4, -0.2) is 37.7 Å². The second-order valence-corrected chi connectivity index (χ2v) is 6.84. The summed E-state index contributed by atoms with van der Waals surface area (Å²) in [6.45, 7) is 2.67. The third kappa shape index (κ3) is 3.14. The molecule has 1 aromatic carbocycles. The van der Waals surface area contributed by atoms with Crippen LogP contribution in [0.3, 0.4) is 0 Å². The van der Waals surface area contributed by atoms with Gasteiger partial charge in [0.1, 0.15) is 5.01 Å². The summed E-state index contributed by atoms with van der Waals surface area (Å²) >= 11 is 1.63. The first-order valence-electron chi connectivity index (χ1n) is 7.56. The Kier molecular flexibility index (Phi) is 4.71. The Labute approximate surface area is 134 Å². The molecule has 6 heteroatoms. The molecule has 2 heterocycles. The fourth-order valence-corrected chi connectivity index (χ4v) is 3.86. The number of carbonyl (C=O) groups is 1. The summed E-state index contributed by atoms with van der Waals surface area (Å²) in [6.07, 6.45) is 1.62. The van der Waals surface area contributed by atoms with Gasteiger partial charge in [0.15, 0.2) is 0 Å². The van der Waals surface area contributed by atoms with Gasteiger partial charge in [0, 0.05) is 7.11 Å². The molecule has 1 aliphatic heterocycles. The third-order valence-electron chi connectivity index (χ3n) is 4.20. The molecular formula is C16H21N3O2S. The zero-order valence-corrected chi connectivity index (χ0v) is 13.5. The van der Waals surface area contributed by atoms with Crippen molar-refractivity contribution in [3.63, 3.8) is 0 Å². The molecule has 0 bridgehead atoms. The first kappa shape index (κ1) is 15.4. The molecule has 0 radical (unpaired) electrons. The van der Waals surface area contributed by atoms with Crippen LogP contribution < -0.4 is 10.6 Å². The molecule has 22 heavy (non-hydrogen) atoms. The Hall–Kier alpha value is -1.50. The number of nitrogens with one attached hydrogen (secondary N) is 2. The van der Waals surface area contributed by atoms with Gasteiger partial charge in [-0.25, -0.2) is 4.98 Å². The molecule has 2 aromatic rings. The van der Waals surface area contributed by atoms with E-state index in [1.165, 1.54) is 0 Å². The fourth-order valence-electron chi connectivity index (χ4n) is 2.96. The van der Waals surface area contributed by atoms with Crippen LogP contribution in [0, 0.1) is 5.41 Å². The second kappa shape index (κ2) is 6.73. The third-order valence-corrected chi connectivity index (χ3v) is 5.24. The van der Waals surface area contributed by atoms with E-state index in [2.05, 4.69) is 21.7 Å². The highest BCUT2D eigenvalue weighted by atomic mass is 32.1. The molecule has 1 amide bonds. The molecule has 1 aromatic heterocycles. The molecule has 1 fully saturated rings. The van der Waals surface area contributed by atoms with Crippen LogP contribution in [0.4, 0.5) is 0 Å². The predicted molar refractivity (Wildman–Crippen MR) is 87.9 cm³/mol. The van der Waals surface area contributed by atoms with Crippen molar-refractivity contribution in [2.24, 2.45) is 5.41 Å². The number of benzene rings is 1. The highest BCUT2D eigenvalue weighted by Crippen LogP contribution is 2.30. The van der Waals surface area contributed by atoms with E-state index >= 15 is 0 Å². The number of piperidine rings is 1. The van der Waals surface area contributed by atoms with Crippen LogP contribution in [0.2, 0.25) is 0 Å². The number of nitrogens with zero attached hydrogens (tertiary/aromatic N) is 1. The van der Waals surface area contributed by atoms with E-state index in [-0.39, 0.29) is 5.91 Å². The molecule has 1 aliphatic rings. The lowest BCUT2D eigenvalue weighted by Gasteiger charge is -2.35. The van der Waals surface area contributed by atoms with Crippen LogP contribution >= 0.6 is 11.3 Å². The van der Waals surface area contributed by atoms with Gasteiger partial charge in [-0.1, -0.05) is 12.1 Å². The topological polar surface area (TPSA) is 63.2 Å². The van der Waals surface area contributed by atoms with Gasteiger partial charge in [-0.05, 0) is 38.1 Å². The van der Waals surface area contributed by atoms with E-state index in [0.717, 1.165) is 41.2 Å². The van der Waals surface area contributed by atoms with Crippen LogP contribution in [0.25, 0.3) is 10.2 Å². The molecule has 0 unspecified atom stereocenters. The van der Waals surface area contributed by atoms with Crippen molar-refractivity contribution in [3.8, 4) is 0 Å². The van der Waals surface area contributed by atoms with E-state index in [1.807, 2.05) is 18.2 Å². The minimum atomic E-state index is -0.406. The number of fused-ring (bicyclic) bond motifs is 1. The van der Waals surface area contributed by atoms with Gasteiger partial charge in [-0.3, -0.25) is 4.79 Å². The van der Waals surface area contributed by atoms with Crippen molar-refractivity contribution in [2.75, 3.05) is 26.8 Å². The Morgan fingerprint density at radius 3 is 2.91 bits per heavy atom. The van der Waals surface area contributed by atoms with Crippen LogP contribution in [0.5, 0.6) is 0 Å². The van der Waals surface area contributed by atoms with Gasteiger partial charge >= 0.3 is 0 Å². The Morgan fingerprint density at radius 1 is 1.41 bits per heavy atom. The van der Waals surface area contributed by atoms with Gasteiger partial charge < -0.3 is 15.4 Å². The largest absolute Gasteiger partial charge is 0.384 e. The molecule has 0 saturated carbocycles. The number of rotatable bonds is 5. The van der Waals surface area contributed by atoms with Gasteiger partial charge in [-0.2, -0.15) is 0 Å². The van der Waals surface area contributed by atoms with E-state index < -0.39 is 5.41 Å². The summed E-state index contributed by atoms with van der Waals surface area (Å²) in [6, 6.07) is 8.03. The zero-order chi connectivity index (χ0) is 15.4.